The number of amidine groups is 1. The molecule has 2 heterocycles. The van der Waals surface area contributed by atoms with E-state index in [9.17, 15) is 8.78 Å². The molecule has 1 aliphatic heterocycles. The third kappa shape index (κ3) is 3.80. The summed E-state index contributed by atoms with van der Waals surface area (Å²) in [4.78, 5) is 8.75. The molecule has 0 saturated heterocycles. The van der Waals surface area contributed by atoms with Crippen molar-refractivity contribution in [2.45, 2.75) is 19.1 Å². The van der Waals surface area contributed by atoms with Gasteiger partial charge in [-0.15, -0.1) is 0 Å². The van der Waals surface area contributed by atoms with Crippen LogP contribution in [-0.2, 0) is 10.3 Å². The highest BCUT2D eigenvalue weighted by Crippen LogP contribution is 2.41. The maximum atomic E-state index is 12.6. The molecule has 4 rings (SSSR count). The average molecular weight is 430 g/mol. The Balaban J connectivity index is 1.82. The summed E-state index contributed by atoms with van der Waals surface area (Å²) in [7, 11) is 0. The average Bonchev–Trinajstić information content (AvgIpc) is 3.10. The molecule has 1 aromatic heterocycles. The Morgan fingerprint density at radius 1 is 1.13 bits per heavy atom. The summed E-state index contributed by atoms with van der Waals surface area (Å²) in [6, 6.07) is 14.4. The smallest absolute Gasteiger partial charge is 0.387 e. The van der Waals surface area contributed by atoms with Crippen molar-refractivity contribution in [1.29, 1.82) is 0 Å². The van der Waals surface area contributed by atoms with Gasteiger partial charge in [0.05, 0.1) is 5.02 Å². The van der Waals surface area contributed by atoms with Gasteiger partial charge in [-0.3, -0.25) is 4.98 Å². The van der Waals surface area contributed by atoms with E-state index >= 15 is 0 Å². The first-order valence-electron chi connectivity index (χ1n) is 9.13. The number of aliphatic imine (C=N–C) groups is 1. The molecule has 0 radical (unpaired) electrons. The molecule has 0 aliphatic carbocycles. The molecule has 5 nitrogen and oxygen atoms in total. The van der Waals surface area contributed by atoms with Crippen LogP contribution < -0.4 is 10.5 Å². The quantitative estimate of drug-likeness (QED) is 0.626. The molecule has 154 valence electrons. The molecule has 0 amide bonds. The molecule has 8 heteroatoms. The van der Waals surface area contributed by atoms with Crippen LogP contribution in [0.4, 0.5) is 8.78 Å². The molecule has 0 bridgehead atoms. The van der Waals surface area contributed by atoms with E-state index in [-0.39, 0.29) is 18.4 Å². The Bertz CT molecular complexity index is 1120. The summed E-state index contributed by atoms with van der Waals surface area (Å²) in [5.41, 5.74) is 9.06. The molecule has 2 N–H and O–H groups in total. The predicted octanol–water partition coefficient (Wildman–Crippen LogP) is 4.90. The van der Waals surface area contributed by atoms with Crippen molar-refractivity contribution < 1.29 is 18.3 Å². The van der Waals surface area contributed by atoms with Gasteiger partial charge in [0.15, 0.2) is 5.54 Å². The standard InChI is InChI=1S/C22H18ClF2N3O2/c1-13-7-18(30-20(24)25)5-6-19(13)22(12-29-21(26)28-22)16-4-2-3-14(8-16)15-9-17(23)11-27-10-15/h2-11,20H,12H2,1H3,(H2,26,28)/t22-/m0/s1. The Hall–Kier alpha value is -3.19. The van der Waals surface area contributed by atoms with Crippen LogP contribution >= 0.6 is 11.6 Å². The van der Waals surface area contributed by atoms with E-state index in [2.05, 4.69) is 14.7 Å². The van der Waals surface area contributed by atoms with Crippen molar-refractivity contribution in [1.82, 2.24) is 4.98 Å². The minimum atomic E-state index is -2.89. The van der Waals surface area contributed by atoms with Crippen molar-refractivity contribution >= 4 is 17.6 Å². The lowest BCUT2D eigenvalue weighted by atomic mass is 9.81. The van der Waals surface area contributed by atoms with Crippen LogP contribution in [0.15, 0.2) is 65.9 Å². The fourth-order valence-corrected chi connectivity index (χ4v) is 3.85. The first kappa shape index (κ1) is 20.1. The number of nitrogens with two attached hydrogens (primary N) is 1. The van der Waals surface area contributed by atoms with E-state index < -0.39 is 12.2 Å². The molecular formula is C22H18ClF2N3O2. The third-order valence-corrected chi connectivity index (χ3v) is 5.18. The molecule has 1 aliphatic rings. The summed E-state index contributed by atoms with van der Waals surface area (Å²) in [5.74, 6) is 0.0796. The molecule has 0 unspecified atom stereocenters. The van der Waals surface area contributed by atoms with Crippen molar-refractivity contribution in [3.05, 3.63) is 82.6 Å². The number of ether oxygens (including phenoxy) is 2. The van der Waals surface area contributed by atoms with E-state index in [0.717, 1.165) is 27.8 Å². The van der Waals surface area contributed by atoms with Crippen LogP contribution in [0.25, 0.3) is 11.1 Å². The van der Waals surface area contributed by atoms with E-state index in [1.54, 1.807) is 24.5 Å². The van der Waals surface area contributed by atoms with E-state index in [4.69, 9.17) is 22.1 Å². The van der Waals surface area contributed by atoms with Crippen molar-refractivity contribution in [2.24, 2.45) is 10.7 Å². The highest BCUT2D eigenvalue weighted by atomic mass is 35.5. The van der Waals surface area contributed by atoms with Crippen molar-refractivity contribution in [3.63, 3.8) is 0 Å². The summed E-state index contributed by atoms with van der Waals surface area (Å²) in [5, 5.41) is 0.532. The molecular weight excluding hydrogens is 412 g/mol. The number of nitrogens with zero attached hydrogens (tertiary/aromatic N) is 2. The number of alkyl halides is 2. The van der Waals surface area contributed by atoms with Gasteiger partial charge in [0.1, 0.15) is 12.4 Å². The first-order chi connectivity index (χ1) is 14.4. The normalized spacial score (nSPS) is 18.2. The second-order valence-electron chi connectivity index (χ2n) is 6.93. The van der Waals surface area contributed by atoms with Gasteiger partial charge in [-0.2, -0.15) is 8.78 Å². The van der Waals surface area contributed by atoms with Crippen molar-refractivity contribution in [2.75, 3.05) is 6.61 Å². The maximum Gasteiger partial charge on any atom is 0.387 e. The summed E-state index contributed by atoms with van der Waals surface area (Å²) in [6.07, 6.45) is 3.29. The summed E-state index contributed by atoms with van der Waals surface area (Å²) >= 11 is 6.09. The van der Waals surface area contributed by atoms with E-state index in [1.165, 1.54) is 6.07 Å². The molecule has 3 aromatic rings. The van der Waals surface area contributed by atoms with E-state index in [1.807, 2.05) is 37.3 Å². The second kappa shape index (κ2) is 7.91. The lowest BCUT2D eigenvalue weighted by molar-refractivity contribution is -0.0498. The number of rotatable bonds is 5. The minimum Gasteiger partial charge on any atom is -0.462 e. The Kier molecular flexibility index (Phi) is 5.30. The van der Waals surface area contributed by atoms with Crippen LogP contribution in [0.5, 0.6) is 5.75 Å². The number of halogens is 3. The summed E-state index contributed by atoms with van der Waals surface area (Å²) in [6.45, 7) is -0.897. The number of aromatic nitrogens is 1. The molecule has 0 spiro atoms. The highest BCUT2D eigenvalue weighted by molar-refractivity contribution is 6.30. The lowest BCUT2D eigenvalue weighted by Gasteiger charge is -2.27. The van der Waals surface area contributed by atoms with Gasteiger partial charge in [0.2, 0.25) is 0 Å². The van der Waals surface area contributed by atoms with Gasteiger partial charge < -0.3 is 15.2 Å². The van der Waals surface area contributed by atoms with Gasteiger partial charge in [0.25, 0.3) is 6.02 Å². The van der Waals surface area contributed by atoms with Crippen LogP contribution in [-0.4, -0.2) is 24.2 Å². The number of hydrogen-bond donors (Lipinski definition) is 1. The zero-order valence-electron chi connectivity index (χ0n) is 16.0. The number of hydrogen-bond acceptors (Lipinski definition) is 5. The second-order valence-corrected chi connectivity index (χ2v) is 7.36. The van der Waals surface area contributed by atoms with Crippen LogP contribution in [0.3, 0.4) is 0 Å². The Morgan fingerprint density at radius 3 is 2.63 bits per heavy atom. The van der Waals surface area contributed by atoms with Crippen molar-refractivity contribution in [3.8, 4) is 16.9 Å². The highest BCUT2D eigenvalue weighted by Gasteiger charge is 2.41. The zero-order valence-corrected chi connectivity index (χ0v) is 16.7. The first-order valence-corrected chi connectivity index (χ1v) is 9.51. The summed E-state index contributed by atoms with van der Waals surface area (Å²) < 4.78 is 35.2. The third-order valence-electron chi connectivity index (χ3n) is 4.98. The molecule has 0 saturated carbocycles. The number of pyridine rings is 1. The number of benzene rings is 2. The van der Waals surface area contributed by atoms with Crippen LogP contribution in [0.1, 0.15) is 16.7 Å². The maximum absolute atomic E-state index is 12.6. The Morgan fingerprint density at radius 2 is 1.97 bits per heavy atom. The fraction of sp³-hybridized carbons (Fsp3) is 0.182. The van der Waals surface area contributed by atoms with Crippen LogP contribution in [0.2, 0.25) is 5.02 Å². The van der Waals surface area contributed by atoms with Gasteiger partial charge in [-0.05, 0) is 53.4 Å². The van der Waals surface area contributed by atoms with Crippen LogP contribution in [0, 0.1) is 6.92 Å². The molecule has 30 heavy (non-hydrogen) atoms. The fourth-order valence-electron chi connectivity index (χ4n) is 3.67. The minimum absolute atomic E-state index is 0.0668. The molecule has 1 atom stereocenters. The van der Waals surface area contributed by atoms with Gasteiger partial charge in [0, 0.05) is 18.0 Å². The lowest BCUT2D eigenvalue weighted by Crippen LogP contribution is -2.28. The van der Waals surface area contributed by atoms with Gasteiger partial charge >= 0.3 is 6.61 Å². The number of aryl methyl sites for hydroxylation is 1. The monoisotopic (exact) mass is 429 g/mol. The Labute approximate surface area is 177 Å². The van der Waals surface area contributed by atoms with E-state index in [0.29, 0.717) is 5.02 Å². The SMILES string of the molecule is Cc1cc(OC(F)F)ccc1[C@@]1(c2cccc(-c3cncc(Cl)c3)c2)COC(N)=N1. The van der Waals surface area contributed by atoms with Gasteiger partial charge in [-0.25, -0.2) is 4.99 Å². The predicted molar refractivity (Wildman–Crippen MR) is 111 cm³/mol. The topological polar surface area (TPSA) is 69.7 Å². The zero-order chi connectivity index (χ0) is 21.3. The molecule has 0 fully saturated rings. The van der Waals surface area contributed by atoms with Gasteiger partial charge in [-0.1, -0.05) is 35.9 Å². The largest absolute Gasteiger partial charge is 0.462 e. The molecule has 2 aromatic carbocycles.